The zero-order chi connectivity index (χ0) is 12.8. The van der Waals surface area contributed by atoms with Gasteiger partial charge in [0.05, 0.1) is 11.4 Å². The second-order valence-corrected chi connectivity index (χ2v) is 5.41. The van der Waals surface area contributed by atoms with E-state index in [2.05, 4.69) is 52.8 Å². The first kappa shape index (κ1) is 14.3. The Morgan fingerprint density at radius 3 is 2.41 bits per heavy atom. The molecule has 1 aromatic carbocycles. The first-order valence-electron chi connectivity index (χ1n) is 5.99. The van der Waals surface area contributed by atoms with Crippen LogP contribution >= 0.6 is 15.9 Å². The monoisotopic (exact) mass is 299 g/mol. The van der Waals surface area contributed by atoms with Crippen LogP contribution in [0.25, 0.3) is 0 Å². The van der Waals surface area contributed by atoms with Gasteiger partial charge < -0.3 is 15.5 Å². The summed E-state index contributed by atoms with van der Waals surface area (Å²) in [5, 5.41) is 0. The summed E-state index contributed by atoms with van der Waals surface area (Å²) in [6.07, 6.45) is 1.13. The fourth-order valence-corrected chi connectivity index (χ4v) is 2.14. The lowest BCUT2D eigenvalue weighted by Crippen LogP contribution is -2.32. The molecular formula is C13H22BrN3. The molecule has 0 spiro atoms. The molecular weight excluding hydrogens is 278 g/mol. The normalized spacial score (nSPS) is 10.9. The topological polar surface area (TPSA) is 32.5 Å². The maximum absolute atomic E-state index is 6.07. The first-order valence-corrected chi connectivity index (χ1v) is 6.78. The van der Waals surface area contributed by atoms with Gasteiger partial charge in [-0.2, -0.15) is 0 Å². The number of benzene rings is 1. The Morgan fingerprint density at radius 2 is 1.88 bits per heavy atom. The number of anilines is 2. The van der Waals surface area contributed by atoms with Crippen molar-refractivity contribution in [3.8, 4) is 0 Å². The quantitative estimate of drug-likeness (QED) is 0.820. The van der Waals surface area contributed by atoms with Gasteiger partial charge in [-0.1, -0.05) is 22.9 Å². The van der Waals surface area contributed by atoms with Crippen molar-refractivity contribution >= 4 is 27.3 Å². The molecule has 4 heteroatoms. The van der Waals surface area contributed by atoms with Crippen LogP contribution in [-0.2, 0) is 0 Å². The van der Waals surface area contributed by atoms with Gasteiger partial charge in [-0.25, -0.2) is 0 Å². The molecule has 0 aliphatic carbocycles. The lowest BCUT2D eigenvalue weighted by Gasteiger charge is -2.27. The summed E-state index contributed by atoms with van der Waals surface area (Å²) in [6.45, 7) is 5.28. The molecule has 3 nitrogen and oxygen atoms in total. The van der Waals surface area contributed by atoms with E-state index in [9.17, 15) is 0 Å². The number of nitrogens with zero attached hydrogens (tertiary/aromatic N) is 2. The fraction of sp³-hybridized carbons (Fsp3) is 0.538. The van der Waals surface area contributed by atoms with Gasteiger partial charge in [0.25, 0.3) is 0 Å². The molecule has 1 rings (SSSR count). The van der Waals surface area contributed by atoms with E-state index < -0.39 is 0 Å². The Balaban J connectivity index is 2.81. The second kappa shape index (κ2) is 6.87. The van der Waals surface area contributed by atoms with E-state index in [1.54, 1.807) is 0 Å². The van der Waals surface area contributed by atoms with E-state index in [1.165, 1.54) is 0 Å². The fourth-order valence-electron chi connectivity index (χ4n) is 1.76. The largest absolute Gasteiger partial charge is 0.397 e. The minimum Gasteiger partial charge on any atom is -0.397 e. The zero-order valence-electron chi connectivity index (χ0n) is 10.9. The predicted molar refractivity (Wildman–Crippen MR) is 79.6 cm³/mol. The Kier molecular flexibility index (Phi) is 5.78. The lowest BCUT2D eigenvalue weighted by molar-refractivity contribution is 0.413. The minimum absolute atomic E-state index is 0.839. The average molecular weight is 300 g/mol. The van der Waals surface area contributed by atoms with Crippen molar-refractivity contribution in [3.63, 3.8) is 0 Å². The predicted octanol–water partition coefficient (Wildman–Crippen LogP) is 2.81. The highest BCUT2D eigenvalue weighted by Gasteiger charge is 2.09. The molecule has 0 saturated carbocycles. The number of likely N-dealkylation sites (N-methyl/N-ethyl adjacent to an activating group) is 1. The molecule has 0 heterocycles. The SMILES string of the molecule is CCCN(CCN(C)C)c1ccc(Br)cc1N. The Labute approximate surface area is 113 Å². The zero-order valence-corrected chi connectivity index (χ0v) is 12.5. The third kappa shape index (κ3) is 4.56. The third-order valence-corrected chi connectivity index (χ3v) is 3.13. The van der Waals surface area contributed by atoms with Crippen molar-refractivity contribution in [1.82, 2.24) is 4.90 Å². The van der Waals surface area contributed by atoms with E-state index in [0.29, 0.717) is 0 Å². The van der Waals surface area contributed by atoms with Crippen LogP contribution in [-0.4, -0.2) is 38.6 Å². The molecule has 0 radical (unpaired) electrons. The minimum atomic E-state index is 0.839. The van der Waals surface area contributed by atoms with Crippen molar-refractivity contribution < 1.29 is 0 Å². The first-order chi connectivity index (χ1) is 8.04. The van der Waals surface area contributed by atoms with E-state index in [-0.39, 0.29) is 0 Å². The van der Waals surface area contributed by atoms with Crippen molar-refractivity contribution in [3.05, 3.63) is 22.7 Å². The van der Waals surface area contributed by atoms with Gasteiger partial charge in [-0.05, 0) is 38.7 Å². The highest BCUT2D eigenvalue weighted by molar-refractivity contribution is 9.10. The maximum atomic E-state index is 6.07. The highest BCUT2D eigenvalue weighted by Crippen LogP contribution is 2.26. The average Bonchev–Trinajstić information content (AvgIpc) is 2.24. The summed E-state index contributed by atoms with van der Waals surface area (Å²) in [5.41, 5.74) is 8.05. The van der Waals surface area contributed by atoms with Crippen molar-refractivity contribution in [2.75, 3.05) is 44.4 Å². The van der Waals surface area contributed by atoms with Gasteiger partial charge in [0.15, 0.2) is 0 Å². The van der Waals surface area contributed by atoms with Gasteiger partial charge in [0.1, 0.15) is 0 Å². The number of rotatable bonds is 6. The van der Waals surface area contributed by atoms with Crippen LogP contribution < -0.4 is 10.6 Å². The van der Waals surface area contributed by atoms with Crippen LogP contribution in [0.4, 0.5) is 11.4 Å². The van der Waals surface area contributed by atoms with Gasteiger partial charge in [0.2, 0.25) is 0 Å². The van der Waals surface area contributed by atoms with Crippen LogP contribution in [0.5, 0.6) is 0 Å². The number of hydrogen-bond donors (Lipinski definition) is 1. The van der Waals surface area contributed by atoms with Crippen molar-refractivity contribution in [2.45, 2.75) is 13.3 Å². The summed E-state index contributed by atoms with van der Waals surface area (Å²) < 4.78 is 1.03. The molecule has 0 fully saturated rings. The summed E-state index contributed by atoms with van der Waals surface area (Å²) in [6, 6.07) is 6.10. The number of halogens is 1. The molecule has 0 aliphatic heterocycles. The lowest BCUT2D eigenvalue weighted by atomic mass is 10.2. The summed E-state index contributed by atoms with van der Waals surface area (Å²) in [4.78, 5) is 4.54. The van der Waals surface area contributed by atoms with Gasteiger partial charge in [-0.15, -0.1) is 0 Å². The van der Waals surface area contributed by atoms with Crippen LogP contribution in [0.1, 0.15) is 13.3 Å². The number of hydrogen-bond acceptors (Lipinski definition) is 3. The highest BCUT2D eigenvalue weighted by atomic mass is 79.9. The third-order valence-electron chi connectivity index (χ3n) is 2.64. The van der Waals surface area contributed by atoms with E-state index >= 15 is 0 Å². The van der Waals surface area contributed by atoms with Crippen molar-refractivity contribution in [1.29, 1.82) is 0 Å². The molecule has 0 aromatic heterocycles. The molecule has 1 aromatic rings. The van der Waals surface area contributed by atoms with Gasteiger partial charge >= 0.3 is 0 Å². The molecule has 2 N–H and O–H groups in total. The molecule has 0 unspecified atom stereocenters. The smallest absolute Gasteiger partial charge is 0.0601 e. The molecule has 0 aliphatic rings. The molecule has 0 amide bonds. The number of nitrogen functional groups attached to an aromatic ring is 1. The van der Waals surface area contributed by atoms with E-state index in [1.807, 2.05) is 12.1 Å². The van der Waals surface area contributed by atoms with Crippen LogP contribution in [0, 0.1) is 0 Å². The molecule has 0 atom stereocenters. The van der Waals surface area contributed by atoms with E-state index in [0.717, 1.165) is 41.9 Å². The van der Waals surface area contributed by atoms with Gasteiger partial charge in [0, 0.05) is 24.1 Å². The van der Waals surface area contributed by atoms with Crippen molar-refractivity contribution in [2.24, 2.45) is 0 Å². The summed E-state index contributed by atoms with van der Waals surface area (Å²) in [5.74, 6) is 0. The maximum Gasteiger partial charge on any atom is 0.0601 e. The molecule has 0 bridgehead atoms. The Hall–Kier alpha value is -0.740. The van der Waals surface area contributed by atoms with Crippen LogP contribution in [0.15, 0.2) is 22.7 Å². The Bertz CT molecular complexity index is 353. The van der Waals surface area contributed by atoms with Crippen LogP contribution in [0.2, 0.25) is 0 Å². The second-order valence-electron chi connectivity index (χ2n) is 4.49. The summed E-state index contributed by atoms with van der Waals surface area (Å²) >= 11 is 3.44. The molecule has 17 heavy (non-hydrogen) atoms. The summed E-state index contributed by atoms with van der Waals surface area (Å²) in [7, 11) is 4.18. The number of nitrogens with two attached hydrogens (primary N) is 1. The Morgan fingerprint density at radius 1 is 1.18 bits per heavy atom. The van der Waals surface area contributed by atoms with Gasteiger partial charge in [-0.3, -0.25) is 0 Å². The molecule has 96 valence electrons. The van der Waals surface area contributed by atoms with Crippen LogP contribution in [0.3, 0.4) is 0 Å². The molecule has 0 saturated heterocycles. The van der Waals surface area contributed by atoms with E-state index in [4.69, 9.17) is 5.73 Å². The standard InChI is InChI=1S/C13H22BrN3/c1-4-7-17(9-8-16(2)3)13-6-5-11(14)10-12(13)15/h5-6,10H,4,7-9,15H2,1-3H3.